The second-order valence-corrected chi connectivity index (χ2v) is 9.40. The van der Waals surface area contributed by atoms with E-state index in [9.17, 15) is 5.11 Å². The lowest BCUT2D eigenvalue weighted by molar-refractivity contribution is -0.882. The lowest BCUT2D eigenvalue weighted by atomic mass is 10.0. The van der Waals surface area contributed by atoms with Gasteiger partial charge in [0.2, 0.25) is 5.84 Å². The topological polar surface area (TPSA) is 32.6 Å². The number of amidine groups is 1. The van der Waals surface area contributed by atoms with Crippen LogP contribution in [0.5, 0.6) is 0 Å². The van der Waals surface area contributed by atoms with E-state index in [2.05, 4.69) is 26.0 Å². The summed E-state index contributed by atoms with van der Waals surface area (Å²) in [5.41, 5.74) is 0. The summed E-state index contributed by atoms with van der Waals surface area (Å²) in [4.78, 5) is 4.71. The van der Waals surface area contributed by atoms with Crippen molar-refractivity contribution in [2.75, 3.05) is 19.6 Å². The Kier molecular flexibility index (Phi) is 16.4. The average Bonchev–Trinajstić information content (AvgIpc) is 3.17. The number of nitrogens with zero attached hydrogens (tertiary/aromatic N) is 2. The Morgan fingerprint density at radius 1 is 0.800 bits per heavy atom. The van der Waals surface area contributed by atoms with Crippen LogP contribution in [-0.4, -0.2) is 41.3 Å². The lowest BCUT2D eigenvalue weighted by Crippen LogP contribution is -2.56. The van der Waals surface area contributed by atoms with Crippen LogP contribution < -0.4 is 0 Å². The second-order valence-electron chi connectivity index (χ2n) is 9.40. The first-order chi connectivity index (χ1) is 14.7. The summed E-state index contributed by atoms with van der Waals surface area (Å²) in [6.07, 6.45) is 27.5. The number of allylic oxidation sites excluding steroid dienone is 2. The van der Waals surface area contributed by atoms with Gasteiger partial charge in [0, 0.05) is 13.3 Å². The number of aliphatic hydroxyl groups is 1. The molecule has 1 rings (SSSR count). The molecule has 1 heterocycles. The minimum absolute atomic E-state index is 0.327. The molecule has 2 unspecified atom stereocenters. The van der Waals surface area contributed by atoms with Crippen molar-refractivity contribution in [2.24, 2.45) is 4.99 Å². The Balaban J connectivity index is 1.89. The Hall–Kier alpha value is -0.670. The molecule has 0 aromatic heterocycles. The predicted molar refractivity (Wildman–Crippen MR) is 133 cm³/mol. The molecule has 0 aromatic rings. The Bertz CT molecular complexity index is 458. The number of unbranched alkanes of at least 4 members (excludes halogenated alkanes) is 14. The molecule has 30 heavy (non-hydrogen) atoms. The van der Waals surface area contributed by atoms with Gasteiger partial charge in [-0.2, -0.15) is 0 Å². The van der Waals surface area contributed by atoms with Crippen molar-refractivity contribution >= 4 is 5.84 Å². The maximum Gasteiger partial charge on any atom is 0.200 e. The van der Waals surface area contributed by atoms with Gasteiger partial charge in [-0.15, -0.1) is 0 Å². The highest BCUT2D eigenvalue weighted by molar-refractivity contribution is 5.76. The van der Waals surface area contributed by atoms with Gasteiger partial charge in [-0.3, -0.25) is 4.48 Å². The van der Waals surface area contributed by atoms with E-state index in [1.54, 1.807) is 0 Å². The van der Waals surface area contributed by atoms with Crippen LogP contribution in [0.15, 0.2) is 17.1 Å². The van der Waals surface area contributed by atoms with Gasteiger partial charge in [-0.05, 0) is 39.0 Å². The van der Waals surface area contributed by atoms with Crippen LogP contribution in [0.4, 0.5) is 0 Å². The van der Waals surface area contributed by atoms with Crippen molar-refractivity contribution in [1.29, 1.82) is 0 Å². The molecule has 0 spiro atoms. The number of rotatable bonds is 20. The van der Waals surface area contributed by atoms with Crippen molar-refractivity contribution in [2.45, 2.75) is 136 Å². The zero-order valence-electron chi connectivity index (χ0n) is 20.7. The van der Waals surface area contributed by atoms with Gasteiger partial charge in [0.1, 0.15) is 6.54 Å². The molecule has 0 saturated heterocycles. The molecule has 1 aliphatic rings. The van der Waals surface area contributed by atoms with E-state index in [0.717, 1.165) is 26.1 Å². The lowest BCUT2D eigenvalue weighted by Gasteiger charge is -2.36. The van der Waals surface area contributed by atoms with Crippen molar-refractivity contribution < 1.29 is 9.59 Å². The molecule has 0 aromatic carbocycles. The molecular formula is C27H53N2O+. The summed E-state index contributed by atoms with van der Waals surface area (Å²) in [6, 6.07) is 0. The van der Waals surface area contributed by atoms with Gasteiger partial charge in [-0.1, -0.05) is 89.7 Å². The summed E-state index contributed by atoms with van der Waals surface area (Å²) in [7, 11) is 0. The maximum atomic E-state index is 10.2. The highest BCUT2D eigenvalue weighted by Crippen LogP contribution is 2.22. The van der Waals surface area contributed by atoms with E-state index >= 15 is 0 Å². The van der Waals surface area contributed by atoms with E-state index in [4.69, 9.17) is 4.99 Å². The van der Waals surface area contributed by atoms with Gasteiger partial charge in [-0.25, -0.2) is 4.99 Å². The highest BCUT2D eigenvalue weighted by Gasteiger charge is 2.40. The Labute approximate surface area is 188 Å². The zero-order valence-corrected chi connectivity index (χ0v) is 20.7. The fourth-order valence-electron chi connectivity index (χ4n) is 4.82. The Morgan fingerprint density at radius 3 is 1.80 bits per heavy atom. The third-order valence-corrected chi connectivity index (χ3v) is 7.00. The number of aliphatic imine (C=N–C) groups is 1. The molecule has 0 aliphatic carbocycles. The summed E-state index contributed by atoms with van der Waals surface area (Å²) in [5, 5.41) is 10.2. The molecule has 3 nitrogen and oxygen atoms in total. The quantitative estimate of drug-likeness (QED) is 0.121. The third-order valence-electron chi connectivity index (χ3n) is 7.00. The summed E-state index contributed by atoms with van der Waals surface area (Å²) in [5.74, 6) is 1.23. The van der Waals surface area contributed by atoms with Gasteiger partial charge in [0.05, 0.1) is 13.1 Å². The number of likely N-dealkylation sites (N-methyl/N-ethyl adjacent to an activating group) is 1. The maximum absolute atomic E-state index is 10.2. The first-order valence-electron chi connectivity index (χ1n) is 13.4. The molecule has 0 bridgehead atoms. The van der Waals surface area contributed by atoms with E-state index in [1.807, 2.05) is 6.92 Å². The summed E-state index contributed by atoms with van der Waals surface area (Å²) >= 11 is 0. The third kappa shape index (κ3) is 11.1. The molecule has 0 radical (unpaired) electrons. The number of hydrogen-bond acceptors (Lipinski definition) is 2. The van der Waals surface area contributed by atoms with E-state index < -0.39 is 0 Å². The molecule has 0 saturated carbocycles. The molecule has 176 valence electrons. The van der Waals surface area contributed by atoms with Crippen molar-refractivity contribution in [1.82, 2.24) is 0 Å². The summed E-state index contributed by atoms with van der Waals surface area (Å²) < 4.78 is 0.703. The van der Waals surface area contributed by atoms with Crippen LogP contribution in [0.1, 0.15) is 130 Å². The van der Waals surface area contributed by atoms with Gasteiger partial charge in [0.15, 0.2) is 6.23 Å². The fraction of sp³-hybridized carbons (Fsp3) is 0.889. The van der Waals surface area contributed by atoms with Gasteiger partial charge in [0.25, 0.3) is 0 Å². The second kappa shape index (κ2) is 18.0. The van der Waals surface area contributed by atoms with Crippen LogP contribution >= 0.6 is 0 Å². The molecule has 3 heteroatoms. The monoisotopic (exact) mass is 421 g/mol. The van der Waals surface area contributed by atoms with Crippen molar-refractivity contribution in [3.63, 3.8) is 0 Å². The number of aliphatic hydroxyl groups excluding tert-OH is 1. The molecule has 2 atom stereocenters. The van der Waals surface area contributed by atoms with Crippen LogP contribution in [0.3, 0.4) is 0 Å². The molecule has 1 N–H and O–H groups in total. The van der Waals surface area contributed by atoms with Gasteiger partial charge >= 0.3 is 0 Å². The minimum atomic E-state index is -0.327. The fourth-order valence-corrected chi connectivity index (χ4v) is 4.82. The number of quaternary nitrogens is 1. The van der Waals surface area contributed by atoms with Crippen LogP contribution in [-0.2, 0) is 0 Å². The number of hydrogen-bond donors (Lipinski definition) is 1. The zero-order chi connectivity index (χ0) is 21.9. The molecule has 0 amide bonds. The molecular weight excluding hydrogens is 368 g/mol. The minimum Gasteiger partial charge on any atom is -0.345 e. The normalized spacial score (nSPS) is 20.2. The molecule has 0 fully saturated rings. The first kappa shape index (κ1) is 27.4. The van der Waals surface area contributed by atoms with Crippen LogP contribution in [0.25, 0.3) is 0 Å². The van der Waals surface area contributed by atoms with Crippen LogP contribution in [0, 0.1) is 0 Å². The predicted octanol–water partition coefficient (Wildman–Crippen LogP) is 7.78. The summed E-state index contributed by atoms with van der Waals surface area (Å²) in [6.45, 7) is 9.19. The van der Waals surface area contributed by atoms with Crippen molar-refractivity contribution in [3.8, 4) is 0 Å². The van der Waals surface area contributed by atoms with Crippen molar-refractivity contribution in [3.05, 3.63) is 12.2 Å². The smallest absolute Gasteiger partial charge is 0.200 e. The highest BCUT2D eigenvalue weighted by atomic mass is 16.3. The Morgan fingerprint density at radius 2 is 1.30 bits per heavy atom. The largest absolute Gasteiger partial charge is 0.345 e. The molecule has 1 aliphatic heterocycles. The average molecular weight is 422 g/mol. The van der Waals surface area contributed by atoms with E-state index in [-0.39, 0.29) is 6.23 Å². The standard InChI is InChI=1S/C27H53N2O/c1-4-6-7-8-9-10-11-12-13-14-15-16-17-18-19-20-21-22-23-27-28-24-25-29(27,5-2)26(3)30/h18-19,26,30H,4-17,20-25H2,1-3H3/q+1/b19-18+. The van der Waals surface area contributed by atoms with Crippen LogP contribution in [0.2, 0.25) is 0 Å². The van der Waals surface area contributed by atoms with Gasteiger partial charge < -0.3 is 5.11 Å². The van der Waals surface area contributed by atoms with E-state index in [0.29, 0.717) is 4.48 Å². The SMILES string of the molecule is CCCCCCCCCCCCCC/C=C/CCCCC1=NCC[N+]1(CC)C(C)O. The van der Waals surface area contributed by atoms with E-state index in [1.165, 1.54) is 109 Å². The first-order valence-corrected chi connectivity index (χ1v) is 13.4.